The Morgan fingerprint density at radius 1 is 1.57 bits per heavy atom. The molecular formula is C10H16N2O2. The topological polar surface area (TPSA) is 57.4 Å². The Morgan fingerprint density at radius 2 is 2.36 bits per heavy atom. The fourth-order valence-corrected chi connectivity index (χ4v) is 1.20. The second-order valence-electron chi connectivity index (χ2n) is 2.88. The van der Waals surface area contributed by atoms with E-state index < -0.39 is 0 Å². The van der Waals surface area contributed by atoms with Crippen LogP contribution in [0.4, 0.5) is 0 Å². The lowest BCUT2D eigenvalue weighted by Gasteiger charge is -2.14. The number of nitrogens with zero attached hydrogens (tertiary/aromatic N) is 1. The Balaban J connectivity index is 2.72. The van der Waals surface area contributed by atoms with Gasteiger partial charge in [0.1, 0.15) is 5.75 Å². The molecule has 0 saturated carbocycles. The lowest BCUT2D eigenvalue weighted by atomic mass is 10.1. The Labute approximate surface area is 84.0 Å². The first-order valence-electron chi connectivity index (χ1n) is 4.60. The number of methoxy groups -OCH3 is 1. The van der Waals surface area contributed by atoms with Gasteiger partial charge in [-0.25, -0.2) is 0 Å². The van der Waals surface area contributed by atoms with E-state index in [-0.39, 0.29) is 6.04 Å². The minimum atomic E-state index is -0.159. The largest absolute Gasteiger partial charge is 0.495 e. The fourth-order valence-electron chi connectivity index (χ4n) is 1.20. The van der Waals surface area contributed by atoms with E-state index in [1.54, 1.807) is 19.5 Å². The Bertz CT molecular complexity index is 279. The summed E-state index contributed by atoms with van der Waals surface area (Å²) in [7, 11) is 1.61. The van der Waals surface area contributed by atoms with E-state index in [0.29, 0.717) is 19.0 Å². The SMILES string of the molecule is CCOCC(N)c1ccncc1OC. The zero-order chi connectivity index (χ0) is 10.4. The summed E-state index contributed by atoms with van der Waals surface area (Å²) >= 11 is 0. The van der Waals surface area contributed by atoms with Crippen LogP contribution >= 0.6 is 0 Å². The van der Waals surface area contributed by atoms with Crippen LogP contribution < -0.4 is 10.5 Å². The van der Waals surface area contributed by atoms with Gasteiger partial charge in [-0.3, -0.25) is 4.98 Å². The lowest BCUT2D eigenvalue weighted by Crippen LogP contribution is -2.18. The predicted molar refractivity (Wildman–Crippen MR) is 54.2 cm³/mol. The number of ether oxygens (including phenoxy) is 2. The molecule has 0 aliphatic heterocycles. The smallest absolute Gasteiger partial charge is 0.141 e. The summed E-state index contributed by atoms with van der Waals surface area (Å²) in [6, 6.07) is 1.69. The number of pyridine rings is 1. The maximum Gasteiger partial charge on any atom is 0.141 e. The summed E-state index contributed by atoms with van der Waals surface area (Å²) < 4.78 is 10.4. The van der Waals surface area contributed by atoms with Crippen molar-refractivity contribution in [1.29, 1.82) is 0 Å². The minimum absolute atomic E-state index is 0.159. The summed E-state index contributed by atoms with van der Waals surface area (Å²) in [5, 5.41) is 0. The maximum absolute atomic E-state index is 5.92. The van der Waals surface area contributed by atoms with Gasteiger partial charge in [-0.05, 0) is 13.0 Å². The second-order valence-corrected chi connectivity index (χ2v) is 2.88. The molecule has 4 heteroatoms. The van der Waals surface area contributed by atoms with Gasteiger partial charge in [-0.1, -0.05) is 0 Å². The molecule has 2 N–H and O–H groups in total. The van der Waals surface area contributed by atoms with E-state index >= 15 is 0 Å². The number of hydrogen-bond donors (Lipinski definition) is 1. The molecule has 0 saturated heterocycles. The summed E-state index contributed by atoms with van der Waals surface area (Å²) in [5.74, 6) is 0.708. The molecule has 1 rings (SSSR count). The molecule has 4 nitrogen and oxygen atoms in total. The van der Waals surface area contributed by atoms with Gasteiger partial charge in [0, 0.05) is 18.4 Å². The van der Waals surface area contributed by atoms with Crippen LogP contribution in [0, 0.1) is 0 Å². The van der Waals surface area contributed by atoms with Crippen molar-refractivity contribution in [3.63, 3.8) is 0 Å². The van der Waals surface area contributed by atoms with Crippen molar-refractivity contribution in [2.75, 3.05) is 20.3 Å². The second kappa shape index (κ2) is 5.57. The Hall–Kier alpha value is -1.13. The third-order valence-corrected chi connectivity index (χ3v) is 1.94. The molecule has 1 heterocycles. The highest BCUT2D eigenvalue weighted by atomic mass is 16.5. The van der Waals surface area contributed by atoms with Gasteiger partial charge >= 0.3 is 0 Å². The fraction of sp³-hybridized carbons (Fsp3) is 0.500. The predicted octanol–water partition coefficient (Wildman–Crippen LogP) is 1.13. The Morgan fingerprint density at radius 3 is 3.00 bits per heavy atom. The van der Waals surface area contributed by atoms with Gasteiger partial charge in [0.05, 0.1) is 26.0 Å². The molecule has 0 bridgehead atoms. The van der Waals surface area contributed by atoms with E-state index in [2.05, 4.69) is 4.98 Å². The third-order valence-electron chi connectivity index (χ3n) is 1.94. The number of aromatic nitrogens is 1. The highest BCUT2D eigenvalue weighted by Gasteiger charge is 2.11. The number of hydrogen-bond acceptors (Lipinski definition) is 4. The average Bonchev–Trinajstić information content (AvgIpc) is 2.25. The van der Waals surface area contributed by atoms with Crippen molar-refractivity contribution in [2.24, 2.45) is 5.73 Å². The molecule has 0 radical (unpaired) electrons. The summed E-state index contributed by atoms with van der Waals surface area (Å²) in [6.07, 6.45) is 3.35. The monoisotopic (exact) mass is 196 g/mol. The van der Waals surface area contributed by atoms with Gasteiger partial charge in [0.25, 0.3) is 0 Å². The quantitative estimate of drug-likeness (QED) is 0.766. The van der Waals surface area contributed by atoms with Crippen molar-refractivity contribution in [2.45, 2.75) is 13.0 Å². The molecule has 78 valence electrons. The summed E-state index contributed by atoms with van der Waals surface area (Å²) in [5.41, 5.74) is 6.85. The van der Waals surface area contributed by atoms with Crippen molar-refractivity contribution >= 4 is 0 Å². The molecule has 0 aliphatic carbocycles. The molecule has 0 aromatic carbocycles. The van der Waals surface area contributed by atoms with Crippen LogP contribution in [0.2, 0.25) is 0 Å². The normalized spacial score (nSPS) is 12.5. The van der Waals surface area contributed by atoms with Crippen LogP contribution in [0.25, 0.3) is 0 Å². The zero-order valence-corrected chi connectivity index (χ0v) is 8.56. The van der Waals surface area contributed by atoms with Crippen LogP contribution in [-0.2, 0) is 4.74 Å². The molecule has 0 fully saturated rings. The molecule has 1 unspecified atom stereocenters. The molecular weight excluding hydrogens is 180 g/mol. The van der Waals surface area contributed by atoms with Crippen LogP contribution in [0.1, 0.15) is 18.5 Å². The van der Waals surface area contributed by atoms with E-state index in [4.69, 9.17) is 15.2 Å². The van der Waals surface area contributed by atoms with Crippen molar-refractivity contribution in [3.05, 3.63) is 24.0 Å². The lowest BCUT2D eigenvalue weighted by molar-refractivity contribution is 0.132. The average molecular weight is 196 g/mol. The van der Waals surface area contributed by atoms with Crippen molar-refractivity contribution < 1.29 is 9.47 Å². The summed E-state index contributed by atoms with van der Waals surface area (Å²) in [6.45, 7) is 3.11. The van der Waals surface area contributed by atoms with E-state index in [9.17, 15) is 0 Å². The first-order valence-corrected chi connectivity index (χ1v) is 4.60. The molecule has 0 spiro atoms. The maximum atomic E-state index is 5.92. The Kier molecular flexibility index (Phi) is 4.35. The van der Waals surface area contributed by atoms with E-state index in [1.165, 1.54) is 0 Å². The minimum Gasteiger partial charge on any atom is -0.495 e. The van der Waals surface area contributed by atoms with E-state index in [1.807, 2.05) is 13.0 Å². The van der Waals surface area contributed by atoms with Gasteiger partial charge in [-0.15, -0.1) is 0 Å². The first-order chi connectivity index (χ1) is 6.79. The van der Waals surface area contributed by atoms with Crippen LogP contribution in [-0.4, -0.2) is 25.3 Å². The molecule has 1 atom stereocenters. The van der Waals surface area contributed by atoms with Crippen LogP contribution in [0.3, 0.4) is 0 Å². The van der Waals surface area contributed by atoms with Gasteiger partial charge in [0.15, 0.2) is 0 Å². The number of rotatable bonds is 5. The zero-order valence-electron chi connectivity index (χ0n) is 8.56. The number of nitrogens with two attached hydrogens (primary N) is 1. The van der Waals surface area contributed by atoms with Crippen molar-refractivity contribution in [3.8, 4) is 5.75 Å². The molecule has 0 amide bonds. The molecule has 0 aliphatic rings. The van der Waals surface area contributed by atoms with Gasteiger partial charge in [-0.2, -0.15) is 0 Å². The van der Waals surface area contributed by atoms with Crippen LogP contribution in [0.5, 0.6) is 5.75 Å². The highest BCUT2D eigenvalue weighted by Crippen LogP contribution is 2.21. The van der Waals surface area contributed by atoms with Crippen molar-refractivity contribution in [1.82, 2.24) is 4.98 Å². The van der Waals surface area contributed by atoms with Crippen LogP contribution in [0.15, 0.2) is 18.5 Å². The molecule has 14 heavy (non-hydrogen) atoms. The first kappa shape index (κ1) is 10.9. The summed E-state index contributed by atoms with van der Waals surface area (Å²) in [4.78, 5) is 3.96. The molecule has 1 aromatic heterocycles. The van der Waals surface area contributed by atoms with Gasteiger partial charge in [0.2, 0.25) is 0 Å². The van der Waals surface area contributed by atoms with E-state index in [0.717, 1.165) is 5.56 Å². The van der Waals surface area contributed by atoms with Gasteiger partial charge < -0.3 is 15.2 Å². The molecule has 1 aromatic rings. The standard InChI is InChI=1S/C10H16N2O2/c1-3-14-7-9(11)8-4-5-12-6-10(8)13-2/h4-6,9H,3,7,11H2,1-2H3. The highest BCUT2D eigenvalue weighted by molar-refractivity contribution is 5.32. The third kappa shape index (κ3) is 2.68.